The monoisotopic (exact) mass is 554 g/mol. The molecule has 5 nitrogen and oxygen atoms in total. The number of hydrogen-bond donors (Lipinski definition) is 0. The minimum absolute atomic E-state index is 0.0556. The van der Waals surface area contributed by atoms with Gasteiger partial charge in [0, 0.05) is 37.7 Å². The third kappa shape index (κ3) is 6.07. The maximum absolute atomic E-state index is 13.9. The summed E-state index contributed by atoms with van der Waals surface area (Å²) in [6.45, 7) is 4.28. The molecule has 0 saturated carbocycles. The Balaban J connectivity index is 1.37. The van der Waals surface area contributed by atoms with E-state index < -0.39 is 27.8 Å². The molecule has 0 bridgehead atoms. The highest BCUT2D eigenvalue weighted by Crippen LogP contribution is 2.31. The second kappa shape index (κ2) is 11.5. The minimum Gasteiger partial charge on any atom is -0.367 e. The number of ether oxygens (including phenoxy) is 1. The van der Waals surface area contributed by atoms with Crippen molar-refractivity contribution in [2.24, 2.45) is 0 Å². The summed E-state index contributed by atoms with van der Waals surface area (Å²) in [5, 5.41) is 0.520. The van der Waals surface area contributed by atoms with Gasteiger partial charge in [0.15, 0.2) is 11.6 Å². The lowest BCUT2D eigenvalue weighted by atomic mass is 10.0. The van der Waals surface area contributed by atoms with Crippen LogP contribution in [0, 0.1) is 18.6 Å². The van der Waals surface area contributed by atoms with E-state index in [1.54, 1.807) is 6.92 Å². The van der Waals surface area contributed by atoms with Crippen LogP contribution < -0.4 is 0 Å². The van der Waals surface area contributed by atoms with E-state index in [2.05, 4.69) is 4.90 Å². The van der Waals surface area contributed by atoms with Crippen molar-refractivity contribution >= 4 is 33.2 Å². The van der Waals surface area contributed by atoms with Gasteiger partial charge < -0.3 is 4.74 Å². The summed E-state index contributed by atoms with van der Waals surface area (Å²) in [7, 11) is -3.75. The lowest BCUT2D eigenvalue weighted by molar-refractivity contribution is 0.0525. The van der Waals surface area contributed by atoms with E-state index >= 15 is 0 Å². The van der Waals surface area contributed by atoms with Gasteiger partial charge in [0.1, 0.15) is 11.0 Å². The third-order valence-corrected chi connectivity index (χ3v) is 8.97. The number of piperazine rings is 1. The van der Waals surface area contributed by atoms with Gasteiger partial charge in [-0.1, -0.05) is 59.6 Å². The molecule has 1 saturated heterocycles. The van der Waals surface area contributed by atoms with Crippen LogP contribution in [0.2, 0.25) is 10.0 Å². The van der Waals surface area contributed by atoms with Gasteiger partial charge in [-0.05, 0) is 47.9 Å². The van der Waals surface area contributed by atoms with E-state index in [0.29, 0.717) is 55.5 Å². The van der Waals surface area contributed by atoms with Crippen molar-refractivity contribution < 1.29 is 21.9 Å². The molecule has 0 aromatic heterocycles. The first-order valence-electron chi connectivity index (χ1n) is 11.5. The Kier molecular flexibility index (Phi) is 8.65. The maximum atomic E-state index is 13.9. The van der Waals surface area contributed by atoms with E-state index in [9.17, 15) is 17.2 Å². The van der Waals surface area contributed by atoms with Crippen LogP contribution in [0.25, 0.3) is 0 Å². The molecule has 0 radical (unpaired) electrons. The van der Waals surface area contributed by atoms with Gasteiger partial charge in [0.05, 0.1) is 11.6 Å². The molecule has 10 heteroatoms. The predicted octanol–water partition coefficient (Wildman–Crippen LogP) is 5.69. The van der Waals surface area contributed by atoms with E-state index in [0.717, 1.165) is 17.7 Å². The van der Waals surface area contributed by atoms with Crippen LogP contribution in [0.4, 0.5) is 8.78 Å². The molecule has 3 aromatic rings. The molecule has 1 heterocycles. The van der Waals surface area contributed by atoms with Gasteiger partial charge in [-0.3, -0.25) is 4.90 Å². The minimum atomic E-state index is -3.75. The molecule has 1 aliphatic rings. The van der Waals surface area contributed by atoms with Crippen LogP contribution in [0.1, 0.15) is 22.8 Å². The van der Waals surface area contributed by atoms with Crippen LogP contribution in [0.15, 0.2) is 65.6 Å². The number of hydrogen-bond acceptors (Lipinski definition) is 4. The molecule has 3 aromatic carbocycles. The zero-order valence-corrected chi connectivity index (χ0v) is 22.0. The summed E-state index contributed by atoms with van der Waals surface area (Å²) in [6.07, 6.45) is -0.557. The molecule has 1 atom stereocenters. The molecule has 36 heavy (non-hydrogen) atoms. The number of aryl methyl sites for hydroxylation is 1. The molecular weight excluding hydrogens is 529 g/mol. The first-order chi connectivity index (χ1) is 17.2. The van der Waals surface area contributed by atoms with Crippen LogP contribution in [-0.4, -0.2) is 57.0 Å². The number of nitrogens with zero attached hydrogens (tertiary/aromatic N) is 2. The van der Waals surface area contributed by atoms with Gasteiger partial charge >= 0.3 is 0 Å². The Hall–Kier alpha value is -2.07. The summed E-state index contributed by atoms with van der Waals surface area (Å²) in [5.41, 5.74) is 1.99. The lowest BCUT2D eigenvalue weighted by Gasteiger charge is -2.34. The van der Waals surface area contributed by atoms with E-state index in [4.69, 9.17) is 27.9 Å². The smallest absolute Gasteiger partial charge is 0.244 e. The highest BCUT2D eigenvalue weighted by Gasteiger charge is 2.30. The van der Waals surface area contributed by atoms with E-state index in [1.165, 1.54) is 22.5 Å². The lowest BCUT2D eigenvalue weighted by Crippen LogP contribution is -2.49. The zero-order chi connectivity index (χ0) is 25.9. The standard InChI is InChI=1S/C26H26Cl2F2N2O3S/c1-18-15-25(22(28)17-21(18)27)36(33,34)32-11-9-31(10-12-32)13-14-35-26(19-5-3-2-4-6-19)20-7-8-23(29)24(30)16-20/h2-8,15-17,26H,9-14H2,1H3. The SMILES string of the molecule is Cc1cc(S(=O)(=O)N2CCN(CCOC(c3ccccc3)c3ccc(F)c(F)c3)CC2)c(Cl)cc1Cl. The Morgan fingerprint density at radius 2 is 1.58 bits per heavy atom. The number of benzene rings is 3. The number of halogens is 4. The van der Waals surface area contributed by atoms with Crippen molar-refractivity contribution in [3.63, 3.8) is 0 Å². The topological polar surface area (TPSA) is 49.9 Å². The largest absolute Gasteiger partial charge is 0.367 e. The fourth-order valence-corrected chi connectivity index (χ4v) is 6.38. The first kappa shape index (κ1) is 27.0. The Morgan fingerprint density at radius 3 is 2.25 bits per heavy atom. The third-order valence-electron chi connectivity index (χ3n) is 6.20. The molecule has 192 valence electrons. The molecule has 0 spiro atoms. The van der Waals surface area contributed by atoms with Crippen LogP contribution >= 0.6 is 23.2 Å². The van der Waals surface area contributed by atoms with Gasteiger partial charge in [-0.15, -0.1) is 0 Å². The highest BCUT2D eigenvalue weighted by atomic mass is 35.5. The second-order valence-corrected chi connectivity index (χ2v) is 11.3. The zero-order valence-electron chi connectivity index (χ0n) is 19.6. The van der Waals surface area contributed by atoms with Crippen molar-refractivity contribution in [2.75, 3.05) is 39.3 Å². The van der Waals surface area contributed by atoms with Gasteiger partial charge in [0.2, 0.25) is 10.0 Å². The Labute approximate surface area is 220 Å². The van der Waals surface area contributed by atoms with E-state index in [1.807, 2.05) is 30.3 Å². The molecule has 1 fully saturated rings. The van der Waals surface area contributed by atoms with Crippen molar-refractivity contribution in [3.05, 3.63) is 99.0 Å². The molecule has 0 amide bonds. The molecule has 0 N–H and O–H groups in total. The fraction of sp³-hybridized carbons (Fsp3) is 0.308. The summed E-state index contributed by atoms with van der Waals surface area (Å²) in [5.74, 6) is -1.83. The van der Waals surface area contributed by atoms with Crippen molar-refractivity contribution in [1.29, 1.82) is 0 Å². The first-order valence-corrected chi connectivity index (χ1v) is 13.7. The number of rotatable bonds is 8. The van der Waals surface area contributed by atoms with Crippen molar-refractivity contribution in [3.8, 4) is 0 Å². The molecule has 1 unspecified atom stereocenters. The summed E-state index contributed by atoms with van der Waals surface area (Å²) in [6, 6.07) is 16.1. The van der Waals surface area contributed by atoms with Crippen LogP contribution in [0.5, 0.6) is 0 Å². The van der Waals surface area contributed by atoms with E-state index in [-0.39, 0.29) is 9.92 Å². The second-order valence-electron chi connectivity index (χ2n) is 8.61. The van der Waals surface area contributed by atoms with Gasteiger partial charge in [0.25, 0.3) is 0 Å². The van der Waals surface area contributed by atoms with Crippen molar-refractivity contribution in [2.45, 2.75) is 17.9 Å². The highest BCUT2D eigenvalue weighted by molar-refractivity contribution is 7.89. The Bertz CT molecular complexity index is 1320. The molecular formula is C26H26Cl2F2N2O3S. The van der Waals surface area contributed by atoms with Crippen molar-refractivity contribution in [1.82, 2.24) is 9.21 Å². The van der Waals surface area contributed by atoms with Gasteiger partial charge in [-0.2, -0.15) is 4.31 Å². The van der Waals surface area contributed by atoms with Crippen LogP contribution in [0.3, 0.4) is 0 Å². The fourth-order valence-electron chi connectivity index (χ4n) is 4.15. The summed E-state index contributed by atoms with van der Waals surface area (Å²) >= 11 is 12.2. The molecule has 0 aliphatic carbocycles. The summed E-state index contributed by atoms with van der Waals surface area (Å²) < 4.78 is 61.2. The molecule has 4 rings (SSSR count). The Morgan fingerprint density at radius 1 is 0.889 bits per heavy atom. The quantitative estimate of drug-likeness (QED) is 0.358. The summed E-state index contributed by atoms with van der Waals surface area (Å²) in [4.78, 5) is 2.16. The normalized spacial score (nSPS) is 16.2. The van der Waals surface area contributed by atoms with Crippen LogP contribution in [-0.2, 0) is 14.8 Å². The van der Waals surface area contributed by atoms with Gasteiger partial charge in [-0.25, -0.2) is 17.2 Å². The molecule has 1 aliphatic heterocycles. The average Bonchev–Trinajstić information content (AvgIpc) is 2.86. The number of sulfonamides is 1. The average molecular weight is 555 g/mol. The maximum Gasteiger partial charge on any atom is 0.244 e. The predicted molar refractivity (Wildman–Crippen MR) is 137 cm³/mol.